The molecule has 2 amide bonds. The number of hydrogen-bond donors (Lipinski definition) is 1. The van der Waals surface area contributed by atoms with Gasteiger partial charge in [-0.25, -0.2) is 0 Å². The SMILES string of the molecule is O=C(NCCC(=O)N1CC2(CCCC2)c2cccc(Cl)c21)c1ccco1. The number of carbonyl (C=O) groups is 2. The van der Waals surface area contributed by atoms with Gasteiger partial charge < -0.3 is 14.6 Å². The smallest absolute Gasteiger partial charge is 0.286 e. The summed E-state index contributed by atoms with van der Waals surface area (Å²) in [5, 5.41) is 3.35. The molecule has 0 saturated heterocycles. The first-order valence-corrected chi connectivity index (χ1v) is 9.40. The van der Waals surface area contributed by atoms with Gasteiger partial charge in [-0.15, -0.1) is 0 Å². The number of halogens is 1. The van der Waals surface area contributed by atoms with Crippen molar-refractivity contribution in [1.29, 1.82) is 0 Å². The van der Waals surface area contributed by atoms with Crippen LogP contribution in [0, 0.1) is 0 Å². The minimum absolute atomic E-state index is 0.0112. The van der Waals surface area contributed by atoms with Crippen molar-refractivity contribution in [3.05, 3.63) is 52.9 Å². The fourth-order valence-electron chi connectivity index (χ4n) is 4.29. The predicted octanol–water partition coefficient (Wildman–Crippen LogP) is 3.91. The van der Waals surface area contributed by atoms with Gasteiger partial charge in [0.1, 0.15) is 0 Å². The average Bonchev–Trinajstić information content (AvgIpc) is 3.37. The third-order valence-electron chi connectivity index (χ3n) is 5.52. The highest BCUT2D eigenvalue weighted by Gasteiger charge is 2.46. The lowest BCUT2D eigenvalue weighted by molar-refractivity contribution is -0.118. The van der Waals surface area contributed by atoms with Crippen LogP contribution in [0.4, 0.5) is 5.69 Å². The molecule has 2 heterocycles. The van der Waals surface area contributed by atoms with Gasteiger partial charge in [0, 0.05) is 24.9 Å². The van der Waals surface area contributed by atoms with Crippen LogP contribution in [-0.2, 0) is 10.2 Å². The molecule has 1 aromatic heterocycles. The number of para-hydroxylation sites is 1. The topological polar surface area (TPSA) is 62.6 Å². The van der Waals surface area contributed by atoms with Crippen LogP contribution >= 0.6 is 11.6 Å². The number of hydrogen-bond acceptors (Lipinski definition) is 3. The molecule has 1 aromatic carbocycles. The maximum Gasteiger partial charge on any atom is 0.286 e. The summed E-state index contributed by atoms with van der Waals surface area (Å²) in [6, 6.07) is 9.17. The number of benzene rings is 1. The minimum atomic E-state index is -0.310. The standard InChI is InChI=1S/C20H21ClN2O3/c21-15-6-3-5-14-18(15)23(13-20(14)9-1-2-10-20)17(24)8-11-22-19(25)16-7-4-12-26-16/h3-7,12H,1-2,8-11,13H2,(H,22,25). The number of rotatable bonds is 4. The fourth-order valence-corrected chi connectivity index (χ4v) is 4.57. The Morgan fingerprint density at radius 2 is 2.00 bits per heavy atom. The first-order chi connectivity index (χ1) is 12.6. The molecule has 1 N–H and O–H groups in total. The molecule has 1 saturated carbocycles. The summed E-state index contributed by atoms with van der Waals surface area (Å²) in [4.78, 5) is 26.6. The van der Waals surface area contributed by atoms with Crippen molar-refractivity contribution in [3.63, 3.8) is 0 Å². The normalized spacial score (nSPS) is 17.5. The zero-order valence-corrected chi connectivity index (χ0v) is 15.2. The lowest BCUT2D eigenvalue weighted by atomic mass is 9.81. The van der Waals surface area contributed by atoms with Crippen molar-refractivity contribution in [3.8, 4) is 0 Å². The Kier molecular flexibility index (Phi) is 4.49. The summed E-state index contributed by atoms with van der Waals surface area (Å²) >= 11 is 6.45. The molecule has 1 fully saturated rings. The van der Waals surface area contributed by atoms with Crippen LogP contribution in [0.25, 0.3) is 0 Å². The quantitative estimate of drug-likeness (QED) is 0.885. The van der Waals surface area contributed by atoms with Gasteiger partial charge >= 0.3 is 0 Å². The van der Waals surface area contributed by atoms with Gasteiger partial charge in [-0.3, -0.25) is 9.59 Å². The molecule has 5 nitrogen and oxygen atoms in total. The second kappa shape index (κ2) is 6.80. The van der Waals surface area contributed by atoms with Crippen LogP contribution in [0.3, 0.4) is 0 Å². The van der Waals surface area contributed by atoms with E-state index >= 15 is 0 Å². The maximum atomic E-state index is 12.9. The van der Waals surface area contributed by atoms with E-state index in [0.717, 1.165) is 18.5 Å². The van der Waals surface area contributed by atoms with Gasteiger partial charge in [-0.05, 0) is 36.6 Å². The van der Waals surface area contributed by atoms with E-state index in [2.05, 4.69) is 11.4 Å². The van der Waals surface area contributed by atoms with Crippen molar-refractivity contribution in [2.75, 3.05) is 18.0 Å². The Labute approximate surface area is 157 Å². The number of nitrogens with zero attached hydrogens (tertiary/aromatic N) is 1. The number of fused-ring (bicyclic) bond motifs is 2. The Bertz CT molecular complexity index is 826. The molecular formula is C20H21ClN2O3. The van der Waals surface area contributed by atoms with Crippen LogP contribution in [0.1, 0.15) is 48.2 Å². The summed E-state index contributed by atoms with van der Waals surface area (Å²) < 4.78 is 5.05. The monoisotopic (exact) mass is 372 g/mol. The molecule has 0 unspecified atom stereocenters. The van der Waals surface area contributed by atoms with E-state index in [1.54, 1.807) is 12.1 Å². The van der Waals surface area contributed by atoms with Gasteiger partial charge in [-0.1, -0.05) is 36.6 Å². The van der Waals surface area contributed by atoms with Gasteiger partial charge in [0.2, 0.25) is 5.91 Å². The molecule has 6 heteroatoms. The van der Waals surface area contributed by atoms with E-state index in [1.165, 1.54) is 24.7 Å². The molecule has 136 valence electrons. The molecule has 4 rings (SSSR count). The number of amides is 2. The third kappa shape index (κ3) is 2.90. The molecule has 26 heavy (non-hydrogen) atoms. The van der Waals surface area contributed by atoms with Gasteiger partial charge in [0.05, 0.1) is 17.0 Å². The summed E-state index contributed by atoms with van der Waals surface area (Å²) in [5.41, 5.74) is 2.11. The zero-order valence-electron chi connectivity index (χ0n) is 14.5. The van der Waals surface area contributed by atoms with Gasteiger partial charge in [0.15, 0.2) is 5.76 Å². The summed E-state index contributed by atoms with van der Waals surface area (Å²) in [7, 11) is 0. The molecule has 2 aromatic rings. The molecular weight excluding hydrogens is 352 g/mol. The highest BCUT2D eigenvalue weighted by atomic mass is 35.5. The lowest BCUT2D eigenvalue weighted by Gasteiger charge is -2.24. The third-order valence-corrected chi connectivity index (χ3v) is 5.82. The van der Waals surface area contributed by atoms with Gasteiger partial charge in [-0.2, -0.15) is 0 Å². The van der Waals surface area contributed by atoms with Crippen LogP contribution in [-0.4, -0.2) is 24.9 Å². The number of furan rings is 1. The Morgan fingerprint density at radius 1 is 1.19 bits per heavy atom. The maximum absolute atomic E-state index is 12.9. The summed E-state index contributed by atoms with van der Waals surface area (Å²) in [5.74, 6) is -0.0743. The van der Waals surface area contributed by atoms with E-state index in [9.17, 15) is 9.59 Å². The van der Waals surface area contributed by atoms with Gasteiger partial charge in [0.25, 0.3) is 5.91 Å². The second-order valence-electron chi connectivity index (χ2n) is 7.09. The molecule has 2 aliphatic rings. The molecule has 0 atom stereocenters. The highest BCUT2D eigenvalue weighted by Crippen LogP contribution is 2.52. The van der Waals surface area contributed by atoms with E-state index < -0.39 is 0 Å². The molecule has 1 aliphatic carbocycles. The minimum Gasteiger partial charge on any atom is -0.459 e. The fraction of sp³-hybridized carbons (Fsp3) is 0.400. The number of anilines is 1. The van der Waals surface area contributed by atoms with Crippen molar-refractivity contribution < 1.29 is 14.0 Å². The Hall–Kier alpha value is -2.27. The van der Waals surface area contributed by atoms with E-state index in [-0.39, 0.29) is 36.0 Å². The summed E-state index contributed by atoms with van der Waals surface area (Å²) in [6.45, 7) is 0.957. The first-order valence-electron chi connectivity index (χ1n) is 9.02. The predicted molar refractivity (Wildman–Crippen MR) is 99.6 cm³/mol. The first kappa shape index (κ1) is 17.2. The van der Waals surface area contributed by atoms with Crippen molar-refractivity contribution >= 4 is 29.1 Å². The zero-order chi connectivity index (χ0) is 18.1. The lowest BCUT2D eigenvalue weighted by Crippen LogP contribution is -2.37. The number of nitrogens with one attached hydrogen (secondary N) is 1. The highest BCUT2D eigenvalue weighted by molar-refractivity contribution is 6.34. The van der Waals surface area contributed by atoms with Crippen LogP contribution in [0.2, 0.25) is 5.02 Å². The number of carbonyl (C=O) groups excluding carboxylic acids is 2. The van der Waals surface area contributed by atoms with Crippen molar-refractivity contribution in [1.82, 2.24) is 5.32 Å². The average molecular weight is 373 g/mol. The Morgan fingerprint density at radius 3 is 2.73 bits per heavy atom. The largest absolute Gasteiger partial charge is 0.459 e. The van der Waals surface area contributed by atoms with Crippen LogP contribution < -0.4 is 10.2 Å². The van der Waals surface area contributed by atoms with E-state index in [0.29, 0.717) is 11.6 Å². The molecule has 1 aliphatic heterocycles. The van der Waals surface area contributed by atoms with Crippen LogP contribution in [0.5, 0.6) is 0 Å². The van der Waals surface area contributed by atoms with E-state index in [1.807, 2.05) is 17.0 Å². The van der Waals surface area contributed by atoms with E-state index in [4.69, 9.17) is 16.0 Å². The summed E-state index contributed by atoms with van der Waals surface area (Å²) in [6.07, 6.45) is 6.25. The second-order valence-corrected chi connectivity index (χ2v) is 7.49. The molecule has 0 radical (unpaired) electrons. The molecule has 0 bridgehead atoms. The molecule has 1 spiro atoms. The van der Waals surface area contributed by atoms with Crippen molar-refractivity contribution in [2.45, 2.75) is 37.5 Å². The van der Waals surface area contributed by atoms with Crippen LogP contribution in [0.15, 0.2) is 41.0 Å². The Balaban J connectivity index is 1.46. The van der Waals surface area contributed by atoms with Crippen molar-refractivity contribution in [2.24, 2.45) is 0 Å².